The second kappa shape index (κ2) is 3.99. The van der Waals surface area contributed by atoms with Crippen LogP contribution in [0.15, 0.2) is 0 Å². The molecule has 3 nitrogen and oxygen atoms in total. The summed E-state index contributed by atoms with van der Waals surface area (Å²) >= 11 is 5.38. The summed E-state index contributed by atoms with van der Waals surface area (Å²) < 4.78 is 3.16. The molecular formula is C12H19N3S. The lowest BCUT2D eigenvalue weighted by Crippen LogP contribution is -2.18. The maximum Gasteiger partial charge on any atom is 0.195 e. The first-order valence-corrected chi connectivity index (χ1v) is 6.86. The summed E-state index contributed by atoms with van der Waals surface area (Å²) in [7, 11) is 0. The first-order chi connectivity index (χ1) is 7.79. The second-order valence-electron chi connectivity index (χ2n) is 5.31. The number of H-pyrrole nitrogens is 1. The van der Waals surface area contributed by atoms with Crippen molar-refractivity contribution >= 4 is 12.2 Å². The molecule has 2 fully saturated rings. The standard InChI is InChI=1S/C12H19N3S/c1-2-3-11-13-14-12(16)15(11)10-7-8-4-5-9(10)6-8/h8-10H,2-7H2,1H3,(H,14,16). The minimum Gasteiger partial charge on any atom is -0.301 e. The number of aryl methyl sites for hydroxylation is 1. The Hall–Kier alpha value is -0.640. The lowest BCUT2D eigenvalue weighted by Gasteiger charge is -2.24. The molecule has 2 aliphatic carbocycles. The van der Waals surface area contributed by atoms with Crippen LogP contribution in [-0.2, 0) is 6.42 Å². The summed E-state index contributed by atoms with van der Waals surface area (Å²) in [5, 5.41) is 7.35. The summed E-state index contributed by atoms with van der Waals surface area (Å²) in [6.45, 7) is 2.20. The van der Waals surface area contributed by atoms with Crippen molar-refractivity contribution < 1.29 is 0 Å². The summed E-state index contributed by atoms with van der Waals surface area (Å²) in [5.74, 6) is 3.00. The highest BCUT2D eigenvalue weighted by atomic mass is 32.1. The molecule has 16 heavy (non-hydrogen) atoms. The van der Waals surface area contributed by atoms with Gasteiger partial charge < -0.3 is 4.57 Å². The zero-order valence-corrected chi connectivity index (χ0v) is 10.6. The zero-order chi connectivity index (χ0) is 11.1. The quantitative estimate of drug-likeness (QED) is 0.819. The molecule has 0 saturated heterocycles. The topological polar surface area (TPSA) is 33.6 Å². The Labute approximate surface area is 101 Å². The number of hydrogen-bond donors (Lipinski definition) is 1. The summed E-state index contributed by atoms with van der Waals surface area (Å²) in [5.41, 5.74) is 0. The van der Waals surface area contributed by atoms with Crippen LogP contribution in [0.3, 0.4) is 0 Å². The highest BCUT2D eigenvalue weighted by Gasteiger charge is 2.41. The van der Waals surface area contributed by atoms with Crippen molar-refractivity contribution in [2.45, 2.75) is 51.5 Å². The van der Waals surface area contributed by atoms with Crippen LogP contribution >= 0.6 is 12.2 Å². The van der Waals surface area contributed by atoms with Crippen LogP contribution in [-0.4, -0.2) is 14.8 Å². The number of aromatic nitrogens is 3. The molecule has 3 rings (SSSR count). The highest BCUT2D eigenvalue weighted by molar-refractivity contribution is 7.71. The van der Waals surface area contributed by atoms with Gasteiger partial charge >= 0.3 is 0 Å². The molecule has 1 N–H and O–H groups in total. The van der Waals surface area contributed by atoms with Gasteiger partial charge in [-0.3, -0.25) is 5.10 Å². The minimum absolute atomic E-state index is 0.645. The molecule has 0 radical (unpaired) electrons. The number of nitrogens with zero attached hydrogens (tertiary/aromatic N) is 2. The Bertz CT molecular complexity index is 434. The van der Waals surface area contributed by atoms with E-state index < -0.39 is 0 Å². The van der Waals surface area contributed by atoms with Gasteiger partial charge in [-0.1, -0.05) is 13.3 Å². The average Bonchev–Trinajstić information content (AvgIpc) is 2.94. The van der Waals surface area contributed by atoms with Crippen molar-refractivity contribution in [2.75, 3.05) is 0 Å². The predicted octanol–water partition coefficient (Wildman–Crippen LogP) is 3.25. The number of aromatic amines is 1. The van der Waals surface area contributed by atoms with Gasteiger partial charge in [0.05, 0.1) is 0 Å². The third-order valence-electron chi connectivity index (χ3n) is 4.28. The molecule has 0 aromatic carbocycles. The summed E-state index contributed by atoms with van der Waals surface area (Å²) in [4.78, 5) is 0. The fourth-order valence-electron chi connectivity index (χ4n) is 3.61. The maximum atomic E-state index is 5.38. The average molecular weight is 237 g/mol. The van der Waals surface area contributed by atoms with E-state index in [1.807, 2.05) is 0 Å². The molecular weight excluding hydrogens is 218 g/mol. The van der Waals surface area contributed by atoms with Gasteiger partial charge in [0.2, 0.25) is 0 Å². The first-order valence-electron chi connectivity index (χ1n) is 6.45. The van der Waals surface area contributed by atoms with Crippen LogP contribution in [0.2, 0.25) is 0 Å². The fourth-order valence-corrected chi connectivity index (χ4v) is 3.89. The van der Waals surface area contributed by atoms with Gasteiger partial charge in [-0.2, -0.15) is 5.10 Å². The van der Waals surface area contributed by atoms with E-state index in [0.29, 0.717) is 6.04 Å². The van der Waals surface area contributed by atoms with Crippen molar-refractivity contribution in [1.29, 1.82) is 0 Å². The predicted molar refractivity (Wildman–Crippen MR) is 65.9 cm³/mol. The van der Waals surface area contributed by atoms with Crippen LogP contribution in [0.5, 0.6) is 0 Å². The molecule has 1 aromatic rings. The third kappa shape index (κ3) is 1.54. The molecule has 0 aliphatic heterocycles. The van der Waals surface area contributed by atoms with E-state index >= 15 is 0 Å². The van der Waals surface area contributed by atoms with Crippen LogP contribution in [0, 0.1) is 16.6 Å². The van der Waals surface area contributed by atoms with Crippen LogP contribution < -0.4 is 0 Å². The second-order valence-corrected chi connectivity index (χ2v) is 5.69. The summed E-state index contributed by atoms with van der Waals surface area (Å²) in [6.07, 6.45) is 7.77. The van der Waals surface area contributed by atoms with Crippen LogP contribution in [0.25, 0.3) is 0 Å². The van der Waals surface area contributed by atoms with Crippen molar-refractivity contribution in [3.8, 4) is 0 Å². The van der Waals surface area contributed by atoms with E-state index in [-0.39, 0.29) is 0 Å². The van der Waals surface area contributed by atoms with Gasteiger partial charge in [0.25, 0.3) is 0 Å². The monoisotopic (exact) mass is 237 g/mol. The van der Waals surface area contributed by atoms with Gasteiger partial charge in [-0.25, -0.2) is 0 Å². The molecule has 0 amide bonds. The molecule has 2 saturated carbocycles. The molecule has 3 unspecified atom stereocenters. The SMILES string of the molecule is CCCc1n[nH]c(=S)n1C1CC2CCC1C2. The van der Waals surface area contributed by atoms with E-state index in [4.69, 9.17) is 12.2 Å². The Morgan fingerprint density at radius 3 is 2.94 bits per heavy atom. The van der Waals surface area contributed by atoms with Gasteiger partial charge in [0.15, 0.2) is 4.77 Å². The molecule has 0 spiro atoms. The molecule has 4 heteroatoms. The van der Waals surface area contributed by atoms with Crippen molar-refractivity contribution in [3.63, 3.8) is 0 Å². The molecule has 2 bridgehead atoms. The number of fused-ring (bicyclic) bond motifs is 2. The molecule has 1 aromatic heterocycles. The Kier molecular flexibility index (Phi) is 2.62. The molecule has 2 aliphatic rings. The Morgan fingerprint density at radius 2 is 2.31 bits per heavy atom. The van der Waals surface area contributed by atoms with Gasteiger partial charge in [-0.05, 0) is 49.7 Å². The van der Waals surface area contributed by atoms with E-state index in [2.05, 4.69) is 21.7 Å². The van der Waals surface area contributed by atoms with Crippen molar-refractivity contribution in [2.24, 2.45) is 11.8 Å². The highest BCUT2D eigenvalue weighted by Crippen LogP contribution is 2.50. The van der Waals surface area contributed by atoms with Gasteiger partial charge in [0, 0.05) is 12.5 Å². The van der Waals surface area contributed by atoms with Gasteiger partial charge in [-0.15, -0.1) is 0 Å². The minimum atomic E-state index is 0.645. The fraction of sp³-hybridized carbons (Fsp3) is 0.833. The number of nitrogens with one attached hydrogen (secondary N) is 1. The smallest absolute Gasteiger partial charge is 0.195 e. The van der Waals surface area contributed by atoms with Crippen LogP contribution in [0.4, 0.5) is 0 Å². The molecule has 88 valence electrons. The number of hydrogen-bond acceptors (Lipinski definition) is 2. The van der Waals surface area contributed by atoms with Crippen LogP contribution in [0.1, 0.15) is 50.9 Å². The van der Waals surface area contributed by atoms with E-state index in [0.717, 1.165) is 29.4 Å². The lowest BCUT2D eigenvalue weighted by atomic mass is 9.95. The third-order valence-corrected chi connectivity index (χ3v) is 4.57. The normalized spacial score (nSPS) is 32.4. The Balaban J connectivity index is 1.93. The maximum absolute atomic E-state index is 5.38. The Morgan fingerprint density at radius 1 is 1.44 bits per heavy atom. The van der Waals surface area contributed by atoms with Crippen molar-refractivity contribution in [1.82, 2.24) is 14.8 Å². The molecule has 1 heterocycles. The zero-order valence-electron chi connectivity index (χ0n) is 9.78. The number of rotatable bonds is 3. The van der Waals surface area contributed by atoms with E-state index in [9.17, 15) is 0 Å². The molecule has 3 atom stereocenters. The summed E-state index contributed by atoms with van der Waals surface area (Å²) in [6, 6.07) is 0.645. The van der Waals surface area contributed by atoms with Gasteiger partial charge in [0.1, 0.15) is 5.82 Å². The lowest BCUT2D eigenvalue weighted by molar-refractivity contribution is 0.319. The largest absolute Gasteiger partial charge is 0.301 e. The first kappa shape index (κ1) is 10.5. The van der Waals surface area contributed by atoms with E-state index in [1.54, 1.807) is 0 Å². The van der Waals surface area contributed by atoms with Crippen molar-refractivity contribution in [3.05, 3.63) is 10.6 Å². The van der Waals surface area contributed by atoms with E-state index in [1.165, 1.54) is 31.5 Å².